The number of fused-ring (bicyclic) bond motifs is 1. The van der Waals surface area contributed by atoms with Crippen molar-refractivity contribution in [1.29, 1.82) is 0 Å². The summed E-state index contributed by atoms with van der Waals surface area (Å²) in [6.45, 7) is 2.53. The third kappa shape index (κ3) is 2.45. The number of nitrogens with zero attached hydrogens (tertiary/aromatic N) is 2. The number of halogens is 2. The summed E-state index contributed by atoms with van der Waals surface area (Å²) in [6.07, 6.45) is 0.683. The topological polar surface area (TPSA) is 17.8 Å². The van der Waals surface area contributed by atoms with E-state index in [0.29, 0.717) is 23.4 Å². The summed E-state index contributed by atoms with van der Waals surface area (Å²) in [7, 11) is 0. The van der Waals surface area contributed by atoms with Crippen molar-refractivity contribution >= 4 is 34.0 Å². The van der Waals surface area contributed by atoms with Gasteiger partial charge in [-0.1, -0.05) is 6.07 Å². The molecule has 3 rings (SSSR count). The number of imidazole rings is 1. The fourth-order valence-corrected chi connectivity index (χ4v) is 3.17. The summed E-state index contributed by atoms with van der Waals surface area (Å²) in [4.78, 5) is 5.78. The van der Waals surface area contributed by atoms with Gasteiger partial charge in [0.25, 0.3) is 0 Å². The van der Waals surface area contributed by atoms with Gasteiger partial charge in [0.2, 0.25) is 0 Å². The van der Waals surface area contributed by atoms with E-state index in [2.05, 4.69) is 21.0 Å². The summed E-state index contributed by atoms with van der Waals surface area (Å²) in [5.41, 5.74) is 2.31. The van der Waals surface area contributed by atoms with E-state index in [1.807, 2.05) is 12.1 Å². The first-order valence-corrected chi connectivity index (χ1v) is 7.84. The average molecular weight is 309 g/mol. The highest BCUT2D eigenvalue weighted by atomic mass is 35.5. The van der Waals surface area contributed by atoms with Crippen molar-refractivity contribution in [3.8, 4) is 0 Å². The molecule has 0 saturated heterocycles. The number of thiophene rings is 1. The predicted octanol–water partition coefficient (Wildman–Crippen LogP) is 4.37. The van der Waals surface area contributed by atoms with Crippen LogP contribution in [-0.4, -0.2) is 15.4 Å². The van der Waals surface area contributed by atoms with E-state index in [0.717, 1.165) is 17.9 Å². The number of rotatable bonds is 4. The van der Waals surface area contributed by atoms with Crippen LogP contribution in [0.5, 0.6) is 0 Å². The van der Waals surface area contributed by atoms with Crippen LogP contribution in [0, 0.1) is 12.7 Å². The average Bonchev–Trinajstić information content (AvgIpc) is 3.02. The molecule has 0 unspecified atom stereocenters. The summed E-state index contributed by atoms with van der Waals surface area (Å²) in [5, 5.41) is 2.06. The minimum atomic E-state index is -0.212. The minimum Gasteiger partial charge on any atom is -0.323 e. The lowest BCUT2D eigenvalue weighted by atomic mass is 10.2. The van der Waals surface area contributed by atoms with Crippen LogP contribution in [0.15, 0.2) is 29.6 Å². The number of hydrogen-bond donors (Lipinski definition) is 0. The lowest BCUT2D eigenvalue weighted by molar-refractivity contribution is 0.620. The molecule has 2 heterocycles. The van der Waals surface area contributed by atoms with Crippen LogP contribution in [-0.2, 0) is 13.0 Å². The maximum absolute atomic E-state index is 13.7. The van der Waals surface area contributed by atoms with Crippen molar-refractivity contribution in [3.05, 3.63) is 51.7 Å². The van der Waals surface area contributed by atoms with Crippen LogP contribution in [0.1, 0.15) is 16.3 Å². The maximum atomic E-state index is 13.7. The Hall–Kier alpha value is -1.39. The van der Waals surface area contributed by atoms with Crippen molar-refractivity contribution in [1.82, 2.24) is 9.55 Å². The third-order valence-electron chi connectivity index (χ3n) is 3.32. The maximum Gasteiger partial charge on any atom is 0.128 e. The summed E-state index contributed by atoms with van der Waals surface area (Å²) in [6, 6.07) is 7.50. The third-order valence-corrected chi connectivity index (χ3v) is 4.37. The zero-order chi connectivity index (χ0) is 14.1. The predicted molar refractivity (Wildman–Crippen MR) is 82.3 cm³/mol. The second-order valence-electron chi connectivity index (χ2n) is 4.72. The fourth-order valence-electron chi connectivity index (χ4n) is 2.31. The fraction of sp³-hybridized carbons (Fsp3) is 0.267. The number of benzene rings is 1. The van der Waals surface area contributed by atoms with Gasteiger partial charge < -0.3 is 4.57 Å². The molecule has 0 N–H and O–H groups in total. The van der Waals surface area contributed by atoms with E-state index < -0.39 is 0 Å². The van der Waals surface area contributed by atoms with Crippen molar-refractivity contribution in [2.24, 2.45) is 0 Å². The van der Waals surface area contributed by atoms with Gasteiger partial charge in [0.05, 0.1) is 17.6 Å². The normalized spacial score (nSPS) is 11.3. The van der Waals surface area contributed by atoms with Gasteiger partial charge >= 0.3 is 0 Å². The minimum absolute atomic E-state index is 0.212. The Morgan fingerprint density at radius 1 is 1.40 bits per heavy atom. The summed E-state index contributed by atoms with van der Waals surface area (Å²) < 4.78 is 15.8. The van der Waals surface area contributed by atoms with E-state index in [1.165, 1.54) is 10.9 Å². The Labute approximate surface area is 125 Å². The second-order valence-corrected chi connectivity index (χ2v) is 6.13. The first-order chi connectivity index (χ1) is 9.69. The molecule has 0 aliphatic heterocycles. The zero-order valence-corrected chi connectivity index (χ0v) is 12.6. The van der Waals surface area contributed by atoms with Gasteiger partial charge in [0, 0.05) is 23.2 Å². The molecule has 1 aromatic carbocycles. The van der Waals surface area contributed by atoms with Crippen molar-refractivity contribution in [2.75, 3.05) is 5.88 Å². The molecular formula is C15H14ClFN2S. The van der Waals surface area contributed by atoms with E-state index in [4.69, 9.17) is 11.6 Å². The monoisotopic (exact) mass is 308 g/mol. The van der Waals surface area contributed by atoms with Crippen LogP contribution >= 0.6 is 22.9 Å². The van der Waals surface area contributed by atoms with Gasteiger partial charge in [-0.25, -0.2) is 9.37 Å². The lowest BCUT2D eigenvalue weighted by Gasteiger charge is -2.07. The second kappa shape index (κ2) is 5.54. The highest BCUT2D eigenvalue weighted by Gasteiger charge is 2.13. The van der Waals surface area contributed by atoms with Gasteiger partial charge in [0.1, 0.15) is 11.6 Å². The quantitative estimate of drug-likeness (QED) is 0.654. The summed E-state index contributed by atoms with van der Waals surface area (Å²) in [5.74, 6) is 1.21. The van der Waals surface area contributed by atoms with Crippen molar-refractivity contribution in [3.63, 3.8) is 0 Å². The number of aromatic nitrogens is 2. The molecule has 0 aliphatic carbocycles. The van der Waals surface area contributed by atoms with Gasteiger partial charge in [-0.2, -0.15) is 0 Å². The highest BCUT2D eigenvalue weighted by Crippen LogP contribution is 2.23. The standard InChI is InChI=1S/C15H14ClFN2S/c1-10-7-14-13(8-12(10)17)18-15(4-5-16)19(14)9-11-3-2-6-20-11/h2-3,6-8H,4-5,9H2,1H3. The summed E-state index contributed by atoms with van der Waals surface area (Å²) >= 11 is 7.56. The van der Waals surface area contributed by atoms with Crippen LogP contribution in [0.4, 0.5) is 4.39 Å². The number of aryl methyl sites for hydroxylation is 2. The van der Waals surface area contributed by atoms with Crippen LogP contribution in [0.2, 0.25) is 0 Å². The Kier molecular flexibility index (Phi) is 3.76. The molecule has 0 amide bonds. The van der Waals surface area contributed by atoms with E-state index in [1.54, 1.807) is 18.3 Å². The molecule has 0 saturated carbocycles. The molecule has 0 spiro atoms. The van der Waals surface area contributed by atoms with Gasteiger partial charge in [-0.3, -0.25) is 0 Å². The smallest absolute Gasteiger partial charge is 0.128 e. The van der Waals surface area contributed by atoms with E-state index in [9.17, 15) is 4.39 Å². The van der Waals surface area contributed by atoms with Gasteiger partial charge in [-0.05, 0) is 30.0 Å². The molecule has 0 radical (unpaired) electrons. The molecule has 2 nitrogen and oxygen atoms in total. The lowest BCUT2D eigenvalue weighted by Crippen LogP contribution is -2.05. The van der Waals surface area contributed by atoms with Crippen LogP contribution in [0.25, 0.3) is 11.0 Å². The molecule has 3 aromatic rings. The molecule has 20 heavy (non-hydrogen) atoms. The molecule has 0 fully saturated rings. The zero-order valence-electron chi connectivity index (χ0n) is 11.1. The molecular weight excluding hydrogens is 295 g/mol. The largest absolute Gasteiger partial charge is 0.323 e. The van der Waals surface area contributed by atoms with Gasteiger partial charge in [0.15, 0.2) is 0 Å². The van der Waals surface area contributed by atoms with E-state index in [-0.39, 0.29) is 5.82 Å². The Morgan fingerprint density at radius 3 is 2.95 bits per heavy atom. The molecule has 0 bridgehead atoms. The van der Waals surface area contributed by atoms with Crippen molar-refractivity contribution in [2.45, 2.75) is 19.9 Å². The van der Waals surface area contributed by atoms with Crippen molar-refractivity contribution < 1.29 is 4.39 Å². The Morgan fingerprint density at radius 2 is 2.25 bits per heavy atom. The number of hydrogen-bond acceptors (Lipinski definition) is 2. The first kappa shape index (κ1) is 13.6. The SMILES string of the molecule is Cc1cc2c(cc1F)nc(CCCl)n2Cc1cccs1. The van der Waals surface area contributed by atoms with Crippen LogP contribution in [0.3, 0.4) is 0 Å². The Balaban J connectivity index is 2.15. The first-order valence-electron chi connectivity index (χ1n) is 6.42. The molecule has 0 atom stereocenters. The number of alkyl halides is 1. The Bertz CT molecular complexity index is 734. The van der Waals surface area contributed by atoms with Crippen LogP contribution < -0.4 is 0 Å². The van der Waals surface area contributed by atoms with Gasteiger partial charge in [-0.15, -0.1) is 22.9 Å². The molecule has 0 aliphatic rings. The molecule has 104 valence electrons. The van der Waals surface area contributed by atoms with E-state index >= 15 is 0 Å². The highest BCUT2D eigenvalue weighted by molar-refractivity contribution is 7.09. The molecule has 2 aromatic heterocycles. The molecule has 5 heteroatoms.